The normalized spacial score (nSPS) is 18.1. The lowest BCUT2D eigenvalue weighted by atomic mass is 9.96. The number of carbonyl (C=O) groups is 4. The number of aromatic nitrogens is 7. The van der Waals surface area contributed by atoms with Crippen LogP contribution < -0.4 is 31.9 Å². The Kier molecular flexibility index (Phi) is 14.0. The third kappa shape index (κ3) is 9.99. The molecule has 19 nitrogen and oxygen atoms in total. The molecule has 19 heteroatoms. The summed E-state index contributed by atoms with van der Waals surface area (Å²) in [6.45, 7) is 12.6. The lowest BCUT2D eigenvalue weighted by Gasteiger charge is -2.43. The maximum Gasteiger partial charge on any atom is 0.273 e. The van der Waals surface area contributed by atoms with Gasteiger partial charge in [-0.3, -0.25) is 29.1 Å². The number of nitrogens with one attached hydrogen (secondary N) is 2. The Balaban J connectivity index is 0.000000196. The highest BCUT2D eigenvalue weighted by atomic mass is 16.2. The molecule has 2 aliphatic rings. The molecule has 2 saturated heterocycles. The van der Waals surface area contributed by atoms with Gasteiger partial charge in [0.1, 0.15) is 5.82 Å². The summed E-state index contributed by atoms with van der Waals surface area (Å²) >= 11 is 0. The molecule has 4 aromatic heterocycles. The topological polar surface area (TPSA) is 248 Å². The fourth-order valence-electron chi connectivity index (χ4n) is 8.57. The Bertz CT molecular complexity index is 2620. The van der Waals surface area contributed by atoms with Gasteiger partial charge < -0.3 is 41.7 Å². The van der Waals surface area contributed by atoms with Crippen LogP contribution in [-0.2, 0) is 9.59 Å². The Morgan fingerprint density at radius 2 is 1.18 bits per heavy atom. The number of pyridine rings is 2. The minimum Gasteiger partial charge on any atom is -0.364 e. The molecule has 0 bridgehead atoms. The van der Waals surface area contributed by atoms with Gasteiger partial charge in [0.15, 0.2) is 23.0 Å². The number of likely N-dealkylation sites (N-methyl/N-ethyl adjacent to an activating group) is 2. The number of hydrogen-bond donors (Lipinski definition) is 4. The third-order valence-corrected chi connectivity index (χ3v) is 12.1. The van der Waals surface area contributed by atoms with E-state index in [1.807, 2.05) is 103 Å². The molecule has 6 N–H and O–H groups in total. The Morgan fingerprint density at radius 1 is 0.682 bits per heavy atom. The summed E-state index contributed by atoms with van der Waals surface area (Å²) in [7, 11) is 3.78. The quantitative estimate of drug-likeness (QED) is 0.116. The van der Waals surface area contributed by atoms with E-state index in [2.05, 4.69) is 58.9 Å². The Hall–Kier alpha value is -8.09. The van der Waals surface area contributed by atoms with Gasteiger partial charge in [0, 0.05) is 73.8 Å². The molecule has 0 unspecified atom stereocenters. The van der Waals surface area contributed by atoms with Gasteiger partial charge in [0.05, 0.1) is 29.3 Å². The molecule has 4 atom stereocenters. The predicted molar refractivity (Wildman–Crippen MR) is 255 cm³/mol. The average molecular weight is 892 g/mol. The van der Waals surface area contributed by atoms with Crippen molar-refractivity contribution in [3.63, 3.8) is 0 Å². The molecular weight excluding hydrogens is 839 g/mol. The molecule has 2 aliphatic heterocycles. The van der Waals surface area contributed by atoms with Gasteiger partial charge in [-0.1, -0.05) is 25.3 Å². The molecular formula is C47H53N15O4. The number of amides is 4. The largest absolute Gasteiger partial charge is 0.364 e. The zero-order valence-electron chi connectivity index (χ0n) is 37.3. The number of nitrogens with zero attached hydrogens (tertiary/aromatic N) is 11. The highest BCUT2D eigenvalue weighted by Crippen LogP contribution is 2.30. The lowest BCUT2D eigenvalue weighted by Crippen LogP contribution is -2.55. The molecule has 0 radical (unpaired) electrons. The monoisotopic (exact) mass is 891 g/mol. The van der Waals surface area contributed by atoms with Crippen molar-refractivity contribution >= 4 is 80.2 Å². The van der Waals surface area contributed by atoms with Crippen LogP contribution in [0.4, 0.5) is 34.8 Å². The van der Waals surface area contributed by atoms with Crippen molar-refractivity contribution in [2.75, 3.05) is 47.6 Å². The van der Waals surface area contributed by atoms with Crippen molar-refractivity contribution in [1.29, 1.82) is 0 Å². The van der Waals surface area contributed by atoms with E-state index in [-0.39, 0.29) is 59.0 Å². The smallest absolute Gasteiger partial charge is 0.273 e. The second-order valence-corrected chi connectivity index (χ2v) is 16.1. The minimum absolute atomic E-state index is 0.0246. The standard InChI is InChI=1S/C24H27N7O2.C23H26N8O2/c1-4-21(32)31-12-6-8-19(15(31)2)30(3)20-14-27-22(23(25)33)24(29-20)28-17-9-10-18-16(13-17)7-5-11-26-18;1-4-19(32)31-12-6-8-18(14(31)2)30(3)23-27-22(20(21(24)33)28-29-23)26-16-9-10-17-15(13-16)7-5-11-25-17/h4-5,7,9-11,13-15,19H,1,6,8,12H2,2-3H3,(H2,25,33)(H,28,29);4-5,7,9-11,13-14,18H,1,6,8,12H2,2-3H3,(H2,24,33)(H,26,27,29)/t15-,19-;14-,18-/m11/s1. The molecule has 2 aromatic carbocycles. The van der Waals surface area contributed by atoms with Crippen LogP contribution in [0.5, 0.6) is 0 Å². The van der Waals surface area contributed by atoms with Crippen LogP contribution in [0.15, 0.2) is 105 Å². The number of piperidine rings is 2. The first-order valence-corrected chi connectivity index (χ1v) is 21.5. The fourth-order valence-corrected chi connectivity index (χ4v) is 8.57. The molecule has 66 heavy (non-hydrogen) atoms. The van der Waals surface area contributed by atoms with Crippen molar-refractivity contribution in [3.8, 4) is 0 Å². The summed E-state index contributed by atoms with van der Waals surface area (Å²) in [6, 6.07) is 18.8. The van der Waals surface area contributed by atoms with Crippen LogP contribution in [-0.4, -0.2) is 120 Å². The average Bonchev–Trinajstić information content (AvgIpc) is 3.33. The number of rotatable bonds is 12. The van der Waals surface area contributed by atoms with E-state index in [1.54, 1.807) is 17.3 Å². The van der Waals surface area contributed by atoms with Crippen molar-refractivity contribution in [1.82, 2.24) is 44.9 Å². The molecule has 6 aromatic rings. The maximum absolute atomic E-state index is 12.2. The maximum atomic E-state index is 12.2. The fraction of sp³-hybridized carbons (Fsp3) is 0.298. The van der Waals surface area contributed by atoms with Crippen LogP contribution in [0, 0.1) is 0 Å². The van der Waals surface area contributed by atoms with Gasteiger partial charge in [-0.25, -0.2) is 9.97 Å². The molecule has 0 saturated carbocycles. The van der Waals surface area contributed by atoms with Gasteiger partial charge in [0.25, 0.3) is 11.8 Å². The Labute approximate surface area is 382 Å². The van der Waals surface area contributed by atoms with Gasteiger partial charge in [-0.15, -0.1) is 10.2 Å². The number of hydrogen-bond acceptors (Lipinski definition) is 15. The van der Waals surface area contributed by atoms with Crippen molar-refractivity contribution in [2.45, 2.75) is 63.7 Å². The van der Waals surface area contributed by atoms with E-state index in [9.17, 15) is 19.2 Å². The molecule has 4 amide bonds. The van der Waals surface area contributed by atoms with Gasteiger partial charge in [0.2, 0.25) is 17.8 Å². The highest BCUT2D eigenvalue weighted by molar-refractivity contribution is 5.97. The molecule has 0 aliphatic carbocycles. The summed E-state index contributed by atoms with van der Waals surface area (Å²) < 4.78 is 0. The summed E-state index contributed by atoms with van der Waals surface area (Å²) in [5.74, 6) is -0.189. The van der Waals surface area contributed by atoms with E-state index in [0.717, 1.165) is 53.2 Å². The van der Waals surface area contributed by atoms with Crippen LogP contribution in [0.2, 0.25) is 0 Å². The van der Waals surface area contributed by atoms with Crippen LogP contribution >= 0.6 is 0 Å². The summed E-state index contributed by atoms with van der Waals surface area (Å²) in [5.41, 5.74) is 14.2. The summed E-state index contributed by atoms with van der Waals surface area (Å²) in [6.07, 6.45) is 11.2. The lowest BCUT2D eigenvalue weighted by molar-refractivity contribution is -0.130. The summed E-state index contributed by atoms with van der Waals surface area (Å²) in [5, 5.41) is 16.4. The molecule has 6 heterocycles. The zero-order valence-corrected chi connectivity index (χ0v) is 37.3. The Morgan fingerprint density at radius 3 is 1.68 bits per heavy atom. The first kappa shape index (κ1) is 45.9. The highest BCUT2D eigenvalue weighted by Gasteiger charge is 2.35. The molecule has 0 spiro atoms. The number of carbonyl (C=O) groups excluding carboxylic acids is 4. The van der Waals surface area contributed by atoms with E-state index in [4.69, 9.17) is 11.5 Å². The van der Waals surface area contributed by atoms with E-state index in [1.165, 1.54) is 18.3 Å². The van der Waals surface area contributed by atoms with E-state index < -0.39 is 11.8 Å². The second-order valence-electron chi connectivity index (χ2n) is 16.1. The first-order chi connectivity index (χ1) is 31.8. The number of anilines is 6. The van der Waals surface area contributed by atoms with E-state index in [0.29, 0.717) is 30.5 Å². The van der Waals surface area contributed by atoms with Gasteiger partial charge >= 0.3 is 0 Å². The van der Waals surface area contributed by atoms with Crippen molar-refractivity contribution in [2.24, 2.45) is 11.5 Å². The predicted octanol–water partition coefficient (Wildman–Crippen LogP) is 5.13. The molecule has 8 rings (SSSR count). The number of benzene rings is 2. The molecule has 2 fully saturated rings. The van der Waals surface area contributed by atoms with Crippen molar-refractivity contribution in [3.05, 3.63) is 116 Å². The van der Waals surface area contributed by atoms with Crippen LogP contribution in [0.3, 0.4) is 0 Å². The number of primary amides is 2. The van der Waals surface area contributed by atoms with Crippen LogP contribution in [0.25, 0.3) is 21.8 Å². The third-order valence-electron chi connectivity index (χ3n) is 12.1. The van der Waals surface area contributed by atoms with Gasteiger partial charge in [-0.2, -0.15) is 4.98 Å². The summed E-state index contributed by atoms with van der Waals surface area (Å²) in [4.78, 5) is 78.2. The van der Waals surface area contributed by atoms with Gasteiger partial charge in [-0.05, 0) is 100 Å². The zero-order chi connectivity index (χ0) is 47.1. The first-order valence-electron chi connectivity index (χ1n) is 21.5. The minimum atomic E-state index is -0.733. The van der Waals surface area contributed by atoms with Crippen LogP contribution in [0.1, 0.15) is 60.5 Å². The number of fused-ring (bicyclic) bond motifs is 2. The van der Waals surface area contributed by atoms with Crippen molar-refractivity contribution < 1.29 is 19.2 Å². The number of likely N-dealkylation sites (tertiary alicyclic amines) is 2. The molecule has 340 valence electrons. The van der Waals surface area contributed by atoms with E-state index >= 15 is 0 Å². The SMILES string of the molecule is C=CC(=O)N1CCC[C@@H](N(C)c2cnc(C(N)=O)c(Nc3ccc4ncccc4c3)n2)[C@H]1C.C=CC(=O)N1CCC[C@@H](N(C)c2nnc(C(N)=O)c(Nc3ccc4ncccc4c3)n2)[C@H]1C. The second kappa shape index (κ2) is 20.2. The number of nitrogens with two attached hydrogens (primary N) is 2.